The van der Waals surface area contributed by atoms with Crippen molar-refractivity contribution in [3.05, 3.63) is 11.1 Å². The Hall–Kier alpha value is -0.690. The lowest BCUT2D eigenvalue weighted by Crippen LogP contribution is -2.41. The summed E-state index contributed by atoms with van der Waals surface area (Å²) in [6.07, 6.45) is 4.45. The summed E-state index contributed by atoms with van der Waals surface area (Å²) in [5.41, 5.74) is 0. The second kappa shape index (κ2) is 7.93. The number of hydrogen-bond acceptors (Lipinski definition) is 6. The molecule has 0 spiro atoms. The molecule has 2 heterocycles. The maximum absolute atomic E-state index is 5.02. The summed E-state index contributed by atoms with van der Waals surface area (Å²) in [7, 11) is 6.10. The molecule has 0 atom stereocenters. The molecule has 1 fully saturated rings. The third kappa shape index (κ3) is 4.41. The summed E-state index contributed by atoms with van der Waals surface area (Å²) in [5, 5.41) is 4.50. The number of likely N-dealkylation sites (tertiary alicyclic amines) is 1. The van der Waals surface area contributed by atoms with E-state index in [1.165, 1.54) is 30.8 Å². The molecule has 20 heavy (non-hydrogen) atoms. The summed E-state index contributed by atoms with van der Waals surface area (Å²) in [6, 6.07) is 0.631. The van der Waals surface area contributed by atoms with Gasteiger partial charge in [0.1, 0.15) is 0 Å². The number of rotatable bonds is 7. The summed E-state index contributed by atoms with van der Waals surface area (Å²) in [5.74, 6) is 0. The molecule has 0 saturated carbocycles. The molecule has 0 unspecified atom stereocenters. The van der Waals surface area contributed by atoms with Crippen LogP contribution in [0.15, 0.2) is 6.20 Å². The van der Waals surface area contributed by atoms with Gasteiger partial charge in [-0.25, -0.2) is 4.98 Å². The monoisotopic (exact) mass is 298 g/mol. The molecule has 0 aliphatic carbocycles. The first-order valence-electron chi connectivity index (χ1n) is 7.26. The standard InChI is InChI=1S/C14H26N4OS/c1-17-7-4-12(5-8-17)18(2)14-16-11-13(20-14)10-15-6-9-19-3/h11-12,15H,4-10H2,1-3H3. The Morgan fingerprint density at radius 1 is 1.50 bits per heavy atom. The van der Waals surface area contributed by atoms with Crippen LogP contribution in [0.1, 0.15) is 17.7 Å². The van der Waals surface area contributed by atoms with Gasteiger partial charge in [-0.1, -0.05) is 0 Å². The quantitative estimate of drug-likeness (QED) is 0.771. The average molecular weight is 298 g/mol. The molecule has 6 heteroatoms. The summed E-state index contributed by atoms with van der Waals surface area (Å²) in [6.45, 7) is 4.88. The first kappa shape index (κ1) is 15.7. The minimum atomic E-state index is 0.631. The van der Waals surface area contributed by atoms with Crippen LogP contribution in [0.25, 0.3) is 0 Å². The fourth-order valence-corrected chi connectivity index (χ4v) is 3.38. The van der Waals surface area contributed by atoms with Gasteiger partial charge in [-0.2, -0.15) is 0 Å². The van der Waals surface area contributed by atoms with E-state index in [1.807, 2.05) is 6.20 Å². The van der Waals surface area contributed by atoms with Crippen LogP contribution in [0.3, 0.4) is 0 Å². The van der Waals surface area contributed by atoms with Crippen molar-refractivity contribution in [3.63, 3.8) is 0 Å². The van der Waals surface area contributed by atoms with E-state index in [4.69, 9.17) is 4.74 Å². The number of hydrogen-bond donors (Lipinski definition) is 1. The molecular formula is C14H26N4OS. The second-order valence-corrected chi connectivity index (χ2v) is 6.52. The second-order valence-electron chi connectivity index (χ2n) is 5.42. The zero-order chi connectivity index (χ0) is 14.4. The van der Waals surface area contributed by atoms with Gasteiger partial charge in [0.2, 0.25) is 0 Å². The molecule has 1 aromatic rings. The fraction of sp³-hybridized carbons (Fsp3) is 0.786. The molecule has 2 rings (SSSR count). The lowest BCUT2D eigenvalue weighted by Gasteiger charge is -2.34. The van der Waals surface area contributed by atoms with Crippen LogP contribution in [0, 0.1) is 0 Å². The molecule has 1 N–H and O–H groups in total. The lowest BCUT2D eigenvalue weighted by atomic mass is 10.0. The highest BCUT2D eigenvalue weighted by Gasteiger charge is 2.22. The zero-order valence-corrected chi connectivity index (χ0v) is 13.6. The highest BCUT2D eigenvalue weighted by molar-refractivity contribution is 7.15. The smallest absolute Gasteiger partial charge is 0.185 e. The molecule has 1 saturated heterocycles. The molecule has 0 aromatic carbocycles. The minimum absolute atomic E-state index is 0.631. The topological polar surface area (TPSA) is 40.6 Å². The number of nitrogens with zero attached hydrogens (tertiary/aromatic N) is 3. The molecule has 0 bridgehead atoms. The number of thiazole rings is 1. The average Bonchev–Trinajstić information content (AvgIpc) is 2.92. The number of methoxy groups -OCH3 is 1. The molecular weight excluding hydrogens is 272 g/mol. The van der Waals surface area contributed by atoms with Crippen LogP contribution < -0.4 is 10.2 Å². The van der Waals surface area contributed by atoms with Crippen molar-refractivity contribution in [1.82, 2.24) is 15.2 Å². The summed E-state index contributed by atoms with van der Waals surface area (Å²) >= 11 is 1.79. The minimum Gasteiger partial charge on any atom is -0.383 e. The van der Waals surface area contributed by atoms with E-state index in [9.17, 15) is 0 Å². The SMILES string of the molecule is COCCNCc1cnc(N(C)C2CCN(C)CC2)s1. The number of aromatic nitrogens is 1. The number of anilines is 1. The van der Waals surface area contributed by atoms with Crippen molar-refractivity contribution in [2.24, 2.45) is 0 Å². The van der Waals surface area contributed by atoms with Gasteiger partial charge < -0.3 is 19.9 Å². The molecule has 1 aliphatic heterocycles. The van der Waals surface area contributed by atoms with Gasteiger partial charge in [-0.05, 0) is 33.0 Å². The van der Waals surface area contributed by atoms with Gasteiger partial charge in [0.25, 0.3) is 0 Å². The van der Waals surface area contributed by atoms with Crippen molar-refractivity contribution < 1.29 is 4.74 Å². The number of ether oxygens (including phenoxy) is 1. The van der Waals surface area contributed by atoms with Crippen LogP contribution in [0.2, 0.25) is 0 Å². The third-order valence-electron chi connectivity index (χ3n) is 3.86. The lowest BCUT2D eigenvalue weighted by molar-refractivity contribution is 0.199. The Kier molecular flexibility index (Phi) is 6.22. The molecule has 0 amide bonds. The van der Waals surface area contributed by atoms with Gasteiger partial charge in [-0.15, -0.1) is 11.3 Å². The number of piperidine rings is 1. The molecule has 1 aromatic heterocycles. The van der Waals surface area contributed by atoms with Crippen LogP contribution >= 0.6 is 11.3 Å². The van der Waals surface area contributed by atoms with Crippen molar-refractivity contribution in [1.29, 1.82) is 0 Å². The highest BCUT2D eigenvalue weighted by Crippen LogP contribution is 2.26. The molecule has 0 radical (unpaired) electrons. The molecule has 114 valence electrons. The Morgan fingerprint density at radius 2 is 2.25 bits per heavy atom. The summed E-state index contributed by atoms with van der Waals surface area (Å²) in [4.78, 5) is 10.6. The fourth-order valence-electron chi connectivity index (χ4n) is 2.47. The van der Waals surface area contributed by atoms with Gasteiger partial charge in [0.15, 0.2) is 5.13 Å². The third-order valence-corrected chi connectivity index (χ3v) is 4.95. The largest absolute Gasteiger partial charge is 0.383 e. The Bertz CT molecular complexity index is 390. The highest BCUT2D eigenvalue weighted by atomic mass is 32.1. The van der Waals surface area contributed by atoms with Gasteiger partial charge in [0, 0.05) is 44.4 Å². The van der Waals surface area contributed by atoms with Gasteiger partial charge in [-0.3, -0.25) is 0 Å². The van der Waals surface area contributed by atoms with E-state index in [-0.39, 0.29) is 0 Å². The molecule has 1 aliphatic rings. The normalized spacial score (nSPS) is 17.6. The first-order valence-corrected chi connectivity index (χ1v) is 8.08. The van der Waals surface area contributed by atoms with Crippen molar-refractivity contribution in [2.45, 2.75) is 25.4 Å². The van der Waals surface area contributed by atoms with Gasteiger partial charge >= 0.3 is 0 Å². The van der Waals surface area contributed by atoms with Crippen molar-refractivity contribution in [2.75, 3.05) is 52.3 Å². The van der Waals surface area contributed by atoms with Crippen LogP contribution in [0.4, 0.5) is 5.13 Å². The Morgan fingerprint density at radius 3 is 2.95 bits per heavy atom. The van der Waals surface area contributed by atoms with E-state index >= 15 is 0 Å². The summed E-state index contributed by atoms with van der Waals surface area (Å²) < 4.78 is 5.02. The van der Waals surface area contributed by atoms with Crippen molar-refractivity contribution in [3.8, 4) is 0 Å². The Labute approximate surface area is 125 Å². The first-order chi connectivity index (χ1) is 9.70. The van der Waals surface area contributed by atoms with Crippen LogP contribution in [-0.2, 0) is 11.3 Å². The predicted molar refractivity (Wildman–Crippen MR) is 84.6 cm³/mol. The van der Waals surface area contributed by atoms with E-state index < -0.39 is 0 Å². The van der Waals surface area contributed by atoms with Crippen LogP contribution in [-0.4, -0.2) is 63.4 Å². The maximum atomic E-state index is 5.02. The van der Waals surface area contributed by atoms with E-state index in [2.05, 4.69) is 34.2 Å². The van der Waals surface area contributed by atoms with Crippen LogP contribution in [0.5, 0.6) is 0 Å². The predicted octanol–water partition coefficient (Wildman–Crippen LogP) is 1.41. The zero-order valence-electron chi connectivity index (χ0n) is 12.8. The Balaban J connectivity index is 1.81. The number of nitrogens with one attached hydrogen (secondary N) is 1. The van der Waals surface area contributed by atoms with E-state index in [1.54, 1.807) is 18.4 Å². The van der Waals surface area contributed by atoms with Gasteiger partial charge in [0.05, 0.1) is 6.61 Å². The van der Waals surface area contributed by atoms with Crippen molar-refractivity contribution >= 4 is 16.5 Å². The maximum Gasteiger partial charge on any atom is 0.185 e. The van der Waals surface area contributed by atoms with E-state index in [0.717, 1.165) is 24.8 Å². The molecule has 5 nitrogen and oxygen atoms in total. The van der Waals surface area contributed by atoms with E-state index in [0.29, 0.717) is 6.04 Å².